The first-order chi connectivity index (χ1) is 12.2. The highest BCUT2D eigenvalue weighted by atomic mass is 32.1. The number of benzene rings is 2. The minimum absolute atomic E-state index is 0.123. The Kier molecular flexibility index (Phi) is 3.95. The maximum atomic E-state index is 12.3. The first-order valence-electron chi connectivity index (χ1n) is 7.79. The fraction of sp³-hybridized carbons (Fsp3) is 0.0526. The summed E-state index contributed by atoms with van der Waals surface area (Å²) in [5.41, 5.74) is 3.40. The van der Waals surface area contributed by atoms with E-state index in [2.05, 4.69) is 10.3 Å². The minimum atomic E-state index is -0.139. The summed E-state index contributed by atoms with van der Waals surface area (Å²) in [7, 11) is 0. The lowest BCUT2D eigenvalue weighted by molar-refractivity contribution is -0.115. The fourth-order valence-electron chi connectivity index (χ4n) is 2.66. The molecule has 0 fully saturated rings. The van der Waals surface area contributed by atoms with E-state index in [-0.39, 0.29) is 18.1 Å². The number of rotatable bonds is 4. The number of amides is 1. The molecular weight excluding hydrogens is 334 g/mol. The van der Waals surface area contributed by atoms with Crippen LogP contribution in [0.2, 0.25) is 0 Å². The number of aromatic nitrogens is 2. The third-order valence-electron chi connectivity index (χ3n) is 3.82. The fourth-order valence-corrected chi connectivity index (χ4v) is 3.53. The monoisotopic (exact) mass is 349 g/mol. The van der Waals surface area contributed by atoms with E-state index in [9.17, 15) is 9.90 Å². The van der Waals surface area contributed by atoms with E-state index in [0.29, 0.717) is 5.69 Å². The molecular formula is C19H15N3O2S. The van der Waals surface area contributed by atoms with E-state index in [1.807, 2.05) is 46.3 Å². The number of carbonyl (C=O) groups is 1. The van der Waals surface area contributed by atoms with Crippen molar-refractivity contribution in [2.75, 3.05) is 5.32 Å². The second-order valence-electron chi connectivity index (χ2n) is 5.65. The van der Waals surface area contributed by atoms with E-state index < -0.39 is 0 Å². The minimum Gasteiger partial charge on any atom is -0.508 e. The van der Waals surface area contributed by atoms with Crippen LogP contribution in [0.4, 0.5) is 5.69 Å². The van der Waals surface area contributed by atoms with Gasteiger partial charge in [-0.2, -0.15) is 0 Å². The van der Waals surface area contributed by atoms with Crippen LogP contribution < -0.4 is 5.32 Å². The molecule has 0 aliphatic rings. The van der Waals surface area contributed by atoms with Gasteiger partial charge < -0.3 is 10.4 Å². The van der Waals surface area contributed by atoms with Crippen LogP contribution in [-0.4, -0.2) is 20.4 Å². The molecule has 2 N–H and O–H groups in total. The molecule has 0 saturated heterocycles. The molecule has 4 rings (SSSR count). The number of hydrogen-bond donors (Lipinski definition) is 2. The Morgan fingerprint density at radius 1 is 1.16 bits per heavy atom. The maximum absolute atomic E-state index is 12.3. The molecule has 0 aliphatic heterocycles. The van der Waals surface area contributed by atoms with Crippen LogP contribution in [0.5, 0.6) is 5.75 Å². The van der Waals surface area contributed by atoms with Crippen LogP contribution in [0.15, 0.2) is 66.2 Å². The van der Waals surface area contributed by atoms with Gasteiger partial charge in [0.25, 0.3) is 0 Å². The molecule has 6 heteroatoms. The molecule has 2 aromatic heterocycles. The summed E-state index contributed by atoms with van der Waals surface area (Å²) in [4.78, 5) is 17.8. The number of aromatic hydroxyl groups is 1. The molecule has 0 radical (unpaired) electrons. The Morgan fingerprint density at radius 3 is 2.80 bits per heavy atom. The number of carbonyl (C=O) groups excluding carboxylic acids is 1. The van der Waals surface area contributed by atoms with Gasteiger partial charge >= 0.3 is 0 Å². The summed E-state index contributed by atoms with van der Waals surface area (Å²) < 4.78 is 1.95. The molecule has 124 valence electrons. The van der Waals surface area contributed by atoms with Gasteiger partial charge in [-0.25, -0.2) is 4.98 Å². The third kappa shape index (κ3) is 3.25. The average Bonchev–Trinajstić information content (AvgIpc) is 3.18. The van der Waals surface area contributed by atoms with E-state index in [0.717, 1.165) is 21.9 Å². The highest BCUT2D eigenvalue weighted by molar-refractivity contribution is 7.15. The van der Waals surface area contributed by atoms with Crippen LogP contribution in [-0.2, 0) is 11.2 Å². The number of hydrogen-bond acceptors (Lipinski definition) is 4. The van der Waals surface area contributed by atoms with Crippen molar-refractivity contribution in [1.29, 1.82) is 0 Å². The predicted octanol–water partition coefficient (Wildman–Crippen LogP) is 3.95. The quantitative estimate of drug-likeness (QED) is 0.586. The summed E-state index contributed by atoms with van der Waals surface area (Å²) in [5.74, 6) is -0.0157. The zero-order valence-corrected chi connectivity index (χ0v) is 14.0. The second kappa shape index (κ2) is 6.41. The van der Waals surface area contributed by atoms with Crippen molar-refractivity contribution in [3.8, 4) is 17.0 Å². The predicted molar refractivity (Wildman–Crippen MR) is 98.9 cm³/mol. The van der Waals surface area contributed by atoms with Gasteiger partial charge in [-0.05, 0) is 12.1 Å². The second-order valence-corrected chi connectivity index (χ2v) is 6.48. The van der Waals surface area contributed by atoms with Crippen molar-refractivity contribution >= 4 is 27.9 Å². The van der Waals surface area contributed by atoms with Gasteiger partial charge in [-0.1, -0.05) is 36.4 Å². The Balaban J connectivity index is 1.55. The molecule has 2 aromatic carbocycles. The molecule has 5 nitrogen and oxygen atoms in total. The van der Waals surface area contributed by atoms with Crippen molar-refractivity contribution < 1.29 is 9.90 Å². The first kappa shape index (κ1) is 15.4. The number of imidazole rings is 1. The largest absolute Gasteiger partial charge is 0.508 e. The Bertz CT molecular complexity index is 1040. The zero-order chi connectivity index (χ0) is 17.2. The lowest BCUT2D eigenvalue weighted by Crippen LogP contribution is -2.15. The molecule has 0 spiro atoms. The highest BCUT2D eigenvalue weighted by Crippen LogP contribution is 2.24. The van der Waals surface area contributed by atoms with Gasteiger partial charge in [0.15, 0.2) is 4.96 Å². The van der Waals surface area contributed by atoms with E-state index in [4.69, 9.17) is 0 Å². The number of fused-ring (bicyclic) bond motifs is 1. The summed E-state index contributed by atoms with van der Waals surface area (Å²) in [6.45, 7) is 0. The molecule has 0 aliphatic carbocycles. The van der Waals surface area contributed by atoms with Crippen LogP contribution in [0.1, 0.15) is 5.69 Å². The van der Waals surface area contributed by atoms with Crippen LogP contribution in [0.25, 0.3) is 16.2 Å². The van der Waals surface area contributed by atoms with E-state index in [1.165, 1.54) is 17.4 Å². The van der Waals surface area contributed by atoms with E-state index in [1.54, 1.807) is 18.2 Å². The highest BCUT2D eigenvalue weighted by Gasteiger charge is 2.12. The van der Waals surface area contributed by atoms with Gasteiger partial charge in [0.2, 0.25) is 5.91 Å². The number of thiazole rings is 1. The summed E-state index contributed by atoms with van der Waals surface area (Å²) in [6, 6.07) is 16.5. The normalized spacial score (nSPS) is 10.9. The molecule has 25 heavy (non-hydrogen) atoms. The average molecular weight is 349 g/mol. The Labute approximate surface area is 148 Å². The number of phenolic OH excluding ortho intramolecular Hbond substituents is 1. The van der Waals surface area contributed by atoms with Crippen molar-refractivity contribution in [2.24, 2.45) is 0 Å². The third-order valence-corrected chi connectivity index (χ3v) is 4.71. The molecule has 0 unspecified atom stereocenters. The maximum Gasteiger partial charge on any atom is 0.230 e. The van der Waals surface area contributed by atoms with Crippen LogP contribution in [0.3, 0.4) is 0 Å². The van der Waals surface area contributed by atoms with Crippen molar-refractivity contribution in [3.05, 3.63) is 71.9 Å². The summed E-state index contributed by atoms with van der Waals surface area (Å²) in [5, 5.41) is 14.2. The van der Waals surface area contributed by atoms with Crippen LogP contribution >= 0.6 is 11.3 Å². The van der Waals surface area contributed by atoms with Gasteiger partial charge in [-0.15, -0.1) is 11.3 Å². The topological polar surface area (TPSA) is 66.6 Å². The molecule has 4 aromatic rings. The van der Waals surface area contributed by atoms with Crippen molar-refractivity contribution in [3.63, 3.8) is 0 Å². The lowest BCUT2D eigenvalue weighted by atomic mass is 10.2. The number of phenols is 1. The molecule has 2 heterocycles. The Hall–Kier alpha value is -3.12. The molecule has 1 amide bonds. The van der Waals surface area contributed by atoms with Crippen molar-refractivity contribution in [1.82, 2.24) is 9.38 Å². The number of nitrogens with zero attached hydrogens (tertiary/aromatic N) is 2. The standard InChI is InChI=1S/C19H15N3O2S/c23-16-8-4-7-14(9-16)20-18(24)10-15-12-25-19-21-17(11-22(15)19)13-5-2-1-3-6-13/h1-9,11-12,23H,10H2,(H,20,24). The summed E-state index contributed by atoms with van der Waals surface area (Å²) >= 11 is 1.51. The SMILES string of the molecule is O=C(Cc1csc2nc(-c3ccccc3)cn12)Nc1cccc(O)c1. The lowest BCUT2D eigenvalue weighted by Gasteiger charge is -2.05. The van der Waals surface area contributed by atoms with Gasteiger partial charge in [0, 0.05) is 34.6 Å². The number of anilines is 1. The van der Waals surface area contributed by atoms with Crippen molar-refractivity contribution in [2.45, 2.75) is 6.42 Å². The van der Waals surface area contributed by atoms with Crippen LogP contribution in [0, 0.1) is 0 Å². The first-order valence-corrected chi connectivity index (χ1v) is 8.67. The molecule has 0 atom stereocenters. The molecule has 0 saturated carbocycles. The summed E-state index contributed by atoms with van der Waals surface area (Å²) in [6.07, 6.45) is 2.19. The van der Waals surface area contributed by atoms with E-state index >= 15 is 0 Å². The zero-order valence-electron chi connectivity index (χ0n) is 13.2. The smallest absolute Gasteiger partial charge is 0.230 e. The van der Waals surface area contributed by atoms with Gasteiger partial charge in [-0.3, -0.25) is 9.20 Å². The Morgan fingerprint density at radius 2 is 2.00 bits per heavy atom. The number of nitrogens with one attached hydrogen (secondary N) is 1. The molecule has 0 bridgehead atoms. The van der Waals surface area contributed by atoms with Gasteiger partial charge in [0.1, 0.15) is 5.75 Å². The van der Waals surface area contributed by atoms with Gasteiger partial charge in [0.05, 0.1) is 12.1 Å².